The molecule has 0 aliphatic rings. The summed E-state index contributed by atoms with van der Waals surface area (Å²) in [5.74, 6) is -0.704. The number of nitrogens with zero attached hydrogens (tertiary/aromatic N) is 2. The Morgan fingerprint density at radius 3 is 2.39 bits per heavy atom. The van der Waals surface area contributed by atoms with Crippen LogP contribution in [-0.2, 0) is 0 Å². The molecule has 2 aromatic carbocycles. The zero-order valence-electron chi connectivity index (χ0n) is 20.0. The van der Waals surface area contributed by atoms with Crippen LogP contribution in [0.5, 0.6) is 0 Å². The molecular formula is C27H28N2OSi. The van der Waals surface area contributed by atoms with Gasteiger partial charge in [-0.25, -0.2) is 4.98 Å². The first-order valence-corrected chi connectivity index (χ1v) is 14.3. The summed E-state index contributed by atoms with van der Waals surface area (Å²) in [6, 6.07) is 16.7. The maximum Gasteiger partial charge on any atom is 0.228 e. The van der Waals surface area contributed by atoms with E-state index >= 15 is 0 Å². The quantitative estimate of drug-likeness (QED) is 0.288. The largest absolute Gasteiger partial charge is 0.437 e. The third-order valence-corrected chi connectivity index (χ3v) is 8.09. The van der Waals surface area contributed by atoms with Gasteiger partial charge in [0.15, 0.2) is 0 Å². The molecule has 0 bridgehead atoms. The highest BCUT2D eigenvalue weighted by Crippen LogP contribution is 2.38. The molecule has 0 amide bonds. The first-order valence-electron chi connectivity index (χ1n) is 11.3. The number of rotatable bonds is 3. The second-order valence-corrected chi connectivity index (χ2v) is 14.6. The first kappa shape index (κ1) is 18.8. The molecular weight excluding hydrogens is 396 g/mol. The highest BCUT2D eigenvalue weighted by atomic mass is 28.3. The van der Waals surface area contributed by atoms with Crippen molar-refractivity contribution in [2.45, 2.75) is 46.3 Å². The van der Waals surface area contributed by atoms with Crippen LogP contribution >= 0.6 is 0 Å². The minimum absolute atomic E-state index is 0.656. The van der Waals surface area contributed by atoms with Gasteiger partial charge >= 0.3 is 0 Å². The highest BCUT2D eigenvalue weighted by Gasteiger charge is 2.24. The summed E-state index contributed by atoms with van der Waals surface area (Å²) in [6.07, 6.45) is 1.99. The summed E-state index contributed by atoms with van der Waals surface area (Å²) >= 11 is 0. The average molecular weight is 426 g/mol. The van der Waals surface area contributed by atoms with Gasteiger partial charge in [0, 0.05) is 29.6 Å². The van der Waals surface area contributed by atoms with Gasteiger partial charge in [0.1, 0.15) is 5.58 Å². The smallest absolute Gasteiger partial charge is 0.228 e. The number of aryl methyl sites for hydroxylation is 1. The Kier molecular flexibility index (Phi) is 4.25. The zero-order chi connectivity index (χ0) is 22.8. The molecule has 0 aliphatic carbocycles. The van der Waals surface area contributed by atoms with E-state index in [0.29, 0.717) is 5.71 Å². The van der Waals surface area contributed by atoms with Gasteiger partial charge in [-0.15, -0.1) is 0 Å². The molecule has 31 heavy (non-hydrogen) atoms. The fourth-order valence-corrected chi connectivity index (χ4v) is 6.07. The summed E-state index contributed by atoms with van der Waals surface area (Å²) in [6.45, 7) is 12.8. The van der Waals surface area contributed by atoms with Crippen molar-refractivity contribution in [2.75, 3.05) is 0 Å². The van der Waals surface area contributed by atoms with Crippen molar-refractivity contribution in [3.63, 3.8) is 0 Å². The monoisotopic (exact) mass is 425 g/mol. The van der Waals surface area contributed by atoms with Crippen molar-refractivity contribution in [3.05, 3.63) is 66.0 Å². The van der Waals surface area contributed by atoms with E-state index in [4.69, 9.17) is 15.8 Å². The summed E-state index contributed by atoms with van der Waals surface area (Å²) < 4.78 is 15.1. The van der Waals surface area contributed by atoms with Crippen molar-refractivity contribution in [1.82, 2.24) is 9.97 Å². The van der Waals surface area contributed by atoms with Gasteiger partial charge in [-0.1, -0.05) is 69.9 Å². The van der Waals surface area contributed by atoms with Crippen molar-refractivity contribution in [3.8, 4) is 11.3 Å². The van der Waals surface area contributed by atoms with Crippen LogP contribution in [0.15, 0.2) is 59.1 Å². The van der Waals surface area contributed by atoms with Crippen molar-refractivity contribution < 1.29 is 5.79 Å². The summed E-state index contributed by atoms with van der Waals surface area (Å²) in [4.78, 5) is 9.63. The van der Waals surface area contributed by atoms with Gasteiger partial charge in [-0.05, 0) is 41.1 Å². The Balaban J connectivity index is 1.83. The van der Waals surface area contributed by atoms with E-state index in [2.05, 4.69) is 62.1 Å². The lowest BCUT2D eigenvalue weighted by Gasteiger charge is -2.23. The van der Waals surface area contributed by atoms with Crippen LogP contribution in [0, 0.1) is 6.92 Å². The molecule has 0 N–H and O–H groups in total. The predicted octanol–water partition coefficient (Wildman–Crippen LogP) is 7.17. The van der Waals surface area contributed by atoms with E-state index in [9.17, 15) is 0 Å². The normalized spacial score (nSPS) is 13.3. The Hall–Kier alpha value is -2.98. The second-order valence-electron chi connectivity index (χ2n) is 9.57. The fraction of sp³-hybridized carbons (Fsp3) is 0.259. The lowest BCUT2D eigenvalue weighted by Crippen LogP contribution is -2.40. The first-order chi connectivity index (χ1) is 15.1. The molecule has 5 aromatic rings. The van der Waals surface area contributed by atoms with E-state index in [1.807, 2.05) is 33.0 Å². The minimum Gasteiger partial charge on any atom is -0.437 e. The number of para-hydroxylation sites is 1. The summed E-state index contributed by atoms with van der Waals surface area (Å²) in [5.41, 5.74) is 5.25. The van der Waals surface area contributed by atoms with Crippen molar-refractivity contribution in [1.29, 1.82) is 0 Å². The van der Waals surface area contributed by atoms with Crippen LogP contribution in [0.25, 0.3) is 44.1 Å². The molecule has 0 saturated heterocycles. The summed E-state index contributed by atoms with van der Waals surface area (Å²) in [7, 11) is -1.64. The third kappa shape index (κ3) is 3.17. The van der Waals surface area contributed by atoms with Gasteiger partial charge in [-0.3, -0.25) is 4.98 Å². The lowest BCUT2D eigenvalue weighted by atomic mass is 9.99. The van der Waals surface area contributed by atoms with Crippen molar-refractivity contribution in [2.24, 2.45) is 0 Å². The van der Waals surface area contributed by atoms with Gasteiger partial charge < -0.3 is 4.42 Å². The van der Waals surface area contributed by atoms with E-state index in [-0.39, 0.29) is 0 Å². The molecule has 0 spiro atoms. The third-order valence-electron chi connectivity index (χ3n) is 6.08. The number of furan rings is 1. The molecule has 0 fully saturated rings. The number of hydrogen-bond donors (Lipinski definition) is 0. The lowest BCUT2D eigenvalue weighted by molar-refractivity contribution is 0.654. The Bertz CT molecular complexity index is 1510. The van der Waals surface area contributed by atoms with E-state index in [1.54, 1.807) is 0 Å². The van der Waals surface area contributed by atoms with Crippen LogP contribution in [0.2, 0.25) is 19.6 Å². The Morgan fingerprint density at radius 2 is 1.68 bits per heavy atom. The maximum atomic E-state index is 8.78. The maximum absolute atomic E-state index is 8.78. The standard InChI is InChI=1S/C27H28N2OSi/c1-16(2)22-14-23(28-15-24(22)31(4,5)6)20-12-9-13-21-25-19-11-8-7-10-18(19)17(3)29-27(25)30-26(20)21/h7-16H,1-6H3/i16D. The van der Waals surface area contributed by atoms with Crippen molar-refractivity contribution >= 4 is 46.1 Å². The molecule has 4 heteroatoms. The van der Waals surface area contributed by atoms with Gasteiger partial charge in [0.25, 0.3) is 0 Å². The highest BCUT2D eigenvalue weighted by molar-refractivity contribution is 6.89. The molecule has 0 unspecified atom stereocenters. The van der Waals surface area contributed by atoms with E-state index in [1.165, 1.54) is 5.19 Å². The van der Waals surface area contributed by atoms with Crippen LogP contribution in [-0.4, -0.2) is 18.0 Å². The molecule has 3 aromatic heterocycles. The molecule has 0 atom stereocenters. The number of benzene rings is 2. The SMILES string of the molecule is [2H]C(C)(C)c1cc(-c2cccc3c2oc2nc(C)c4ccccc4c23)ncc1[Si](C)(C)C. The predicted molar refractivity (Wildman–Crippen MR) is 134 cm³/mol. The number of fused-ring (bicyclic) bond motifs is 5. The van der Waals surface area contributed by atoms with Gasteiger partial charge in [0.2, 0.25) is 5.71 Å². The van der Waals surface area contributed by atoms with Gasteiger partial charge in [0.05, 0.1) is 19.2 Å². The second kappa shape index (κ2) is 7.03. The molecule has 3 heterocycles. The zero-order valence-corrected chi connectivity index (χ0v) is 20.0. The molecule has 5 rings (SSSR count). The molecule has 156 valence electrons. The Labute approximate surface area is 185 Å². The Morgan fingerprint density at radius 1 is 0.968 bits per heavy atom. The van der Waals surface area contributed by atoms with Crippen LogP contribution in [0.3, 0.4) is 0 Å². The molecule has 0 saturated carbocycles. The average Bonchev–Trinajstić information content (AvgIpc) is 3.10. The molecule has 3 nitrogen and oxygen atoms in total. The van der Waals surface area contributed by atoms with Crippen LogP contribution in [0.4, 0.5) is 0 Å². The van der Waals surface area contributed by atoms with Crippen LogP contribution in [0.1, 0.15) is 32.4 Å². The van der Waals surface area contributed by atoms with Gasteiger partial charge in [-0.2, -0.15) is 0 Å². The summed E-state index contributed by atoms with van der Waals surface area (Å²) in [5, 5.41) is 5.62. The molecule has 0 radical (unpaired) electrons. The number of aromatic nitrogens is 2. The minimum atomic E-state index is -1.64. The topological polar surface area (TPSA) is 38.9 Å². The number of pyridine rings is 2. The van der Waals surface area contributed by atoms with Crippen LogP contribution < -0.4 is 5.19 Å². The molecule has 0 aliphatic heterocycles. The fourth-order valence-electron chi connectivity index (χ4n) is 4.49. The van der Waals surface area contributed by atoms with E-state index in [0.717, 1.165) is 49.6 Å². The van der Waals surface area contributed by atoms with E-state index < -0.39 is 14.0 Å². The number of hydrogen-bond acceptors (Lipinski definition) is 3.